The SMILES string of the molecule is CC(=O)Nc1cc(Oc2ccc(NC(=O)c3nn(-c4ccc(F)cc4)cc(C)c3=O)cc2F)ccn1. The predicted molar refractivity (Wildman–Crippen MR) is 127 cm³/mol. The van der Waals surface area contributed by atoms with Crippen LogP contribution < -0.4 is 20.8 Å². The molecule has 0 unspecified atom stereocenters. The predicted octanol–water partition coefficient (Wildman–Crippen LogP) is 4.22. The van der Waals surface area contributed by atoms with Crippen molar-refractivity contribution in [1.82, 2.24) is 14.8 Å². The van der Waals surface area contributed by atoms with Crippen LogP contribution in [0.5, 0.6) is 11.5 Å². The minimum absolute atomic E-state index is 0.0644. The highest BCUT2D eigenvalue weighted by atomic mass is 19.1. The Morgan fingerprint density at radius 1 is 1.00 bits per heavy atom. The van der Waals surface area contributed by atoms with Crippen molar-refractivity contribution in [2.24, 2.45) is 0 Å². The number of pyridine rings is 1. The van der Waals surface area contributed by atoms with Crippen LogP contribution in [0.1, 0.15) is 23.0 Å². The summed E-state index contributed by atoms with van der Waals surface area (Å²) in [6, 6.07) is 12.0. The van der Waals surface area contributed by atoms with Crippen molar-refractivity contribution in [2.45, 2.75) is 13.8 Å². The average Bonchev–Trinajstić information content (AvgIpc) is 2.83. The molecule has 0 aliphatic carbocycles. The monoisotopic (exact) mass is 491 g/mol. The molecule has 0 aliphatic rings. The number of halogens is 2. The van der Waals surface area contributed by atoms with Gasteiger partial charge in [0.25, 0.3) is 5.91 Å². The number of rotatable bonds is 6. The summed E-state index contributed by atoms with van der Waals surface area (Å²) in [7, 11) is 0. The van der Waals surface area contributed by atoms with E-state index in [4.69, 9.17) is 4.74 Å². The van der Waals surface area contributed by atoms with Gasteiger partial charge < -0.3 is 15.4 Å². The van der Waals surface area contributed by atoms with Gasteiger partial charge in [-0.05, 0) is 49.4 Å². The Morgan fingerprint density at radius 3 is 2.44 bits per heavy atom. The van der Waals surface area contributed by atoms with Gasteiger partial charge in [0.2, 0.25) is 11.3 Å². The summed E-state index contributed by atoms with van der Waals surface area (Å²) in [5, 5.41) is 9.01. The van der Waals surface area contributed by atoms with Crippen LogP contribution in [0.3, 0.4) is 0 Å². The Balaban J connectivity index is 1.54. The van der Waals surface area contributed by atoms with E-state index < -0.39 is 28.7 Å². The van der Waals surface area contributed by atoms with Gasteiger partial charge in [-0.25, -0.2) is 18.4 Å². The van der Waals surface area contributed by atoms with Crippen LogP contribution in [0, 0.1) is 18.6 Å². The number of amides is 2. The van der Waals surface area contributed by atoms with Crippen molar-refractivity contribution in [3.63, 3.8) is 0 Å². The van der Waals surface area contributed by atoms with E-state index in [0.29, 0.717) is 5.69 Å². The van der Waals surface area contributed by atoms with E-state index in [1.165, 1.54) is 79.5 Å². The van der Waals surface area contributed by atoms with E-state index in [1.807, 2.05) is 0 Å². The molecule has 0 fully saturated rings. The zero-order chi connectivity index (χ0) is 25.8. The number of carbonyl (C=O) groups is 2. The molecule has 0 bridgehead atoms. The Hall–Kier alpha value is -4.93. The first-order valence-corrected chi connectivity index (χ1v) is 10.6. The number of carbonyl (C=O) groups excluding carboxylic acids is 2. The summed E-state index contributed by atoms with van der Waals surface area (Å²) < 4.78 is 34.7. The highest BCUT2D eigenvalue weighted by molar-refractivity contribution is 6.02. The third-order valence-corrected chi connectivity index (χ3v) is 4.86. The van der Waals surface area contributed by atoms with E-state index in [2.05, 4.69) is 20.7 Å². The first-order chi connectivity index (χ1) is 17.2. The number of nitrogens with zero attached hydrogens (tertiary/aromatic N) is 3. The zero-order valence-corrected chi connectivity index (χ0v) is 19.1. The second kappa shape index (κ2) is 10.1. The van der Waals surface area contributed by atoms with Gasteiger partial charge in [-0.1, -0.05) is 0 Å². The van der Waals surface area contributed by atoms with Crippen LogP contribution in [0.4, 0.5) is 20.3 Å². The topological polar surface area (TPSA) is 115 Å². The molecular formula is C25H19F2N5O4. The quantitative estimate of drug-likeness (QED) is 0.417. The molecule has 2 aromatic carbocycles. The molecule has 0 spiro atoms. The molecule has 36 heavy (non-hydrogen) atoms. The number of hydrogen-bond acceptors (Lipinski definition) is 6. The van der Waals surface area contributed by atoms with Gasteiger partial charge >= 0.3 is 0 Å². The molecule has 0 radical (unpaired) electrons. The lowest BCUT2D eigenvalue weighted by Gasteiger charge is -2.11. The summed E-state index contributed by atoms with van der Waals surface area (Å²) in [5.74, 6) is -2.07. The summed E-state index contributed by atoms with van der Waals surface area (Å²) >= 11 is 0. The number of hydrogen-bond donors (Lipinski definition) is 2. The first-order valence-electron chi connectivity index (χ1n) is 10.6. The number of benzene rings is 2. The highest BCUT2D eigenvalue weighted by Crippen LogP contribution is 2.27. The highest BCUT2D eigenvalue weighted by Gasteiger charge is 2.17. The van der Waals surface area contributed by atoms with Gasteiger partial charge in [0.05, 0.1) is 5.69 Å². The Morgan fingerprint density at radius 2 is 1.75 bits per heavy atom. The van der Waals surface area contributed by atoms with Crippen LogP contribution in [0.25, 0.3) is 5.69 Å². The maximum absolute atomic E-state index is 14.7. The lowest BCUT2D eigenvalue weighted by Crippen LogP contribution is -2.27. The molecule has 182 valence electrons. The van der Waals surface area contributed by atoms with Gasteiger partial charge in [-0.3, -0.25) is 14.4 Å². The molecule has 9 nitrogen and oxygen atoms in total. The van der Waals surface area contributed by atoms with Crippen molar-refractivity contribution < 1.29 is 23.1 Å². The van der Waals surface area contributed by atoms with E-state index in [1.54, 1.807) is 0 Å². The average molecular weight is 491 g/mol. The lowest BCUT2D eigenvalue weighted by atomic mass is 10.2. The second-order valence-electron chi connectivity index (χ2n) is 7.67. The summed E-state index contributed by atoms with van der Waals surface area (Å²) in [5.41, 5.74) is -0.264. The molecule has 0 atom stereocenters. The number of aromatic nitrogens is 3. The van der Waals surface area contributed by atoms with Crippen LogP contribution in [-0.2, 0) is 4.79 Å². The summed E-state index contributed by atoms with van der Waals surface area (Å²) in [6.45, 7) is 2.84. The maximum atomic E-state index is 14.7. The Labute approximate surface area is 203 Å². The fraction of sp³-hybridized carbons (Fsp3) is 0.0800. The van der Waals surface area contributed by atoms with Gasteiger partial charge in [0, 0.05) is 42.7 Å². The minimum atomic E-state index is -0.846. The van der Waals surface area contributed by atoms with Crippen LogP contribution in [-0.4, -0.2) is 26.6 Å². The molecule has 11 heteroatoms. The van der Waals surface area contributed by atoms with E-state index in [9.17, 15) is 23.2 Å². The molecule has 2 aromatic heterocycles. The first kappa shape index (κ1) is 24.2. The molecule has 2 amide bonds. The fourth-order valence-corrected chi connectivity index (χ4v) is 3.19. The smallest absolute Gasteiger partial charge is 0.280 e. The zero-order valence-electron chi connectivity index (χ0n) is 19.1. The summed E-state index contributed by atoms with van der Waals surface area (Å²) in [6.07, 6.45) is 2.81. The lowest BCUT2D eigenvalue weighted by molar-refractivity contribution is -0.114. The molecule has 2 heterocycles. The standard InChI is InChI=1S/C25H19F2N5O4/c1-14-13-32(18-6-3-16(26)4-7-18)31-23(24(14)34)25(35)30-17-5-8-21(20(27)11-17)36-19-9-10-28-22(12-19)29-15(2)33/h3-13H,1-2H3,(H,30,35)(H,28,29,33). The maximum Gasteiger partial charge on any atom is 0.280 e. The van der Waals surface area contributed by atoms with Gasteiger partial charge in [0.15, 0.2) is 17.3 Å². The largest absolute Gasteiger partial charge is 0.454 e. The van der Waals surface area contributed by atoms with Crippen molar-refractivity contribution >= 4 is 23.3 Å². The molecule has 0 saturated carbocycles. The molecule has 4 rings (SSSR count). The van der Waals surface area contributed by atoms with Crippen molar-refractivity contribution in [3.8, 4) is 17.2 Å². The van der Waals surface area contributed by atoms with Gasteiger partial charge in [-0.15, -0.1) is 0 Å². The van der Waals surface area contributed by atoms with Crippen molar-refractivity contribution in [3.05, 3.63) is 100 Å². The molecule has 0 aliphatic heterocycles. The van der Waals surface area contributed by atoms with E-state index in [0.717, 1.165) is 6.07 Å². The minimum Gasteiger partial charge on any atom is -0.454 e. The summed E-state index contributed by atoms with van der Waals surface area (Å²) in [4.78, 5) is 40.5. The van der Waals surface area contributed by atoms with E-state index >= 15 is 0 Å². The fourth-order valence-electron chi connectivity index (χ4n) is 3.19. The molecular weight excluding hydrogens is 472 g/mol. The van der Waals surface area contributed by atoms with Crippen LogP contribution in [0.15, 0.2) is 71.8 Å². The van der Waals surface area contributed by atoms with Crippen molar-refractivity contribution in [2.75, 3.05) is 10.6 Å². The third-order valence-electron chi connectivity index (χ3n) is 4.86. The molecule has 4 aromatic rings. The third kappa shape index (κ3) is 5.58. The van der Waals surface area contributed by atoms with E-state index in [-0.39, 0.29) is 34.5 Å². The second-order valence-corrected chi connectivity index (χ2v) is 7.67. The Kier molecular flexibility index (Phi) is 6.81. The van der Waals surface area contributed by atoms with Crippen LogP contribution in [0.2, 0.25) is 0 Å². The molecule has 0 saturated heterocycles. The number of aryl methyl sites for hydroxylation is 1. The van der Waals surface area contributed by atoms with Crippen molar-refractivity contribution in [1.29, 1.82) is 0 Å². The normalized spacial score (nSPS) is 10.6. The van der Waals surface area contributed by atoms with Gasteiger partial charge in [-0.2, -0.15) is 5.10 Å². The Bertz CT molecular complexity index is 1520. The number of anilines is 2. The molecule has 2 N–H and O–H groups in total. The van der Waals surface area contributed by atoms with Gasteiger partial charge in [0.1, 0.15) is 17.4 Å². The number of nitrogens with one attached hydrogen (secondary N) is 2. The number of ether oxygens (including phenoxy) is 1. The van der Waals surface area contributed by atoms with Crippen LogP contribution >= 0.6 is 0 Å².